The van der Waals surface area contributed by atoms with Gasteiger partial charge in [0.25, 0.3) is 11.8 Å². The van der Waals surface area contributed by atoms with Gasteiger partial charge < -0.3 is 9.80 Å². The summed E-state index contributed by atoms with van der Waals surface area (Å²) in [6.07, 6.45) is 5.25. The number of hydrogen-bond donors (Lipinski definition) is 0. The molecule has 0 radical (unpaired) electrons. The monoisotopic (exact) mass is 372 g/mol. The molecule has 2 aromatic heterocycles. The largest absolute Gasteiger partial charge is 0.339 e. The van der Waals surface area contributed by atoms with Crippen molar-refractivity contribution < 1.29 is 9.59 Å². The van der Waals surface area contributed by atoms with Crippen molar-refractivity contribution in [3.63, 3.8) is 0 Å². The average molecular weight is 372 g/mol. The zero-order chi connectivity index (χ0) is 18.1. The van der Waals surface area contributed by atoms with E-state index in [-0.39, 0.29) is 17.9 Å². The standard InChI is InChI=1S/C19H24N4O2S/c1-21-10-11-23-17(19(21)25)13-16(20-23)18(24)22-9-3-2-5-14(22)7-8-15-6-4-12-26-15/h4,6,12-14H,2-3,5,7-11H2,1H3. The number of rotatable bonds is 4. The number of aromatic nitrogens is 2. The zero-order valence-corrected chi connectivity index (χ0v) is 15.9. The number of carbonyl (C=O) groups excluding carboxylic acids is 2. The lowest BCUT2D eigenvalue weighted by molar-refractivity contribution is 0.0594. The van der Waals surface area contributed by atoms with Crippen LogP contribution in [0.1, 0.15) is 51.5 Å². The zero-order valence-electron chi connectivity index (χ0n) is 15.1. The van der Waals surface area contributed by atoms with E-state index < -0.39 is 0 Å². The topological polar surface area (TPSA) is 58.4 Å². The lowest BCUT2D eigenvalue weighted by Gasteiger charge is -2.35. The highest BCUT2D eigenvalue weighted by Gasteiger charge is 2.31. The Labute approximate surface area is 157 Å². The second-order valence-electron chi connectivity index (χ2n) is 7.13. The van der Waals surface area contributed by atoms with Gasteiger partial charge in [-0.3, -0.25) is 14.3 Å². The summed E-state index contributed by atoms with van der Waals surface area (Å²) in [5.74, 6) is -0.0890. The molecular weight excluding hydrogens is 348 g/mol. The van der Waals surface area contributed by atoms with Crippen LogP contribution in [0.15, 0.2) is 23.6 Å². The highest BCUT2D eigenvalue weighted by atomic mass is 32.1. The second kappa shape index (κ2) is 7.23. The van der Waals surface area contributed by atoms with Gasteiger partial charge in [0.1, 0.15) is 5.69 Å². The van der Waals surface area contributed by atoms with Crippen LogP contribution in [0, 0.1) is 0 Å². The molecule has 2 aromatic rings. The minimum absolute atomic E-state index is 0.0294. The summed E-state index contributed by atoms with van der Waals surface area (Å²) in [6.45, 7) is 2.06. The Morgan fingerprint density at radius 2 is 2.19 bits per heavy atom. The number of carbonyl (C=O) groups is 2. The van der Waals surface area contributed by atoms with Crippen LogP contribution in [0.5, 0.6) is 0 Å². The molecular formula is C19H24N4O2S. The number of likely N-dealkylation sites (N-methyl/N-ethyl adjacent to an activating group) is 1. The summed E-state index contributed by atoms with van der Waals surface area (Å²) in [5.41, 5.74) is 0.931. The third-order valence-corrected chi connectivity index (χ3v) is 6.34. The van der Waals surface area contributed by atoms with Crippen molar-refractivity contribution in [3.05, 3.63) is 39.8 Å². The van der Waals surface area contributed by atoms with E-state index in [0.29, 0.717) is 24.5 Å². The first-order chi connectivity index (χ1) is 12.6. The molecule has 0 spiro atoms. The van der Waals surface area contributed by atoms with Gasteiger partial charge in [-0.15, -0.1) is 11.3 Å². The maximum absolute atomic E-state index is 13.1. The van der Waals surface area contributed by atoms with E-state index in [9.17, 15) is 9.59 Å². The number of likely N-dealkylation sites (tertiary alicyclic amines) is 1. The van der Waals surface area contributed by atoms with E-state index in [1.165, 1.54) is 11.3 Å². The van der Waals surface area contributed by atoms with Crippen molar-refractivity contribution in [2.75, 3.05) is 20.1 Å². The molecule has 0 aromatic carbocycles. The lowest BCUT2D eigenvalue weighted by Crippen LogP contribution is -2.44. The minimum atomic E-state index is -0.0595. The summed E-state index contributed by atoms with van der Waals surface area (Å²) in [6, 6.07) is 6.17. The first kappa shape index (κ1) is 17.3. The van der Waals surface area contributed by atoms with E-state index in [0.717, 1.165) is 32.2 Å². The molecule has 26 heavy (non-hydrogen) atoms. The molecule has 1 saturated heterocycles. The van der Waals surface area contributed by atoms with Gasteiger partial charge in [0.15, 0.2) is 5.69 Å². The highest BCUT2D eigenvalue weighted by molar-refractivity contribution is 7.09. The van der Waals surface area contributed by atoms with Gasteiger partial charge in [0, 0.05) is 37.1 Å². The van der Waals surface area contributed by atoms with Crippen LogP contribution in [0.4, 0.5) is 0 Å². The third kappa shape index (κ3) is 3.28. The molecule has 0 N–H and O–H groups in total. The molecule has 0 aliphatic carbocycles. The van der Waals surface area contributed by atoms with Crippen LogP contribution >= 0.6 is 11.3 Å². The van der Waals surface area contributed by atoms with Crippen LogP contribution in [-0.4, -0.2) is 57.6 Å². The van der Waals surface area contributed by atoms with Crippen LogP contribution in [0.25, 0.3) is 0 Å². The third-order valence-electron chi connectivity index (χ3n) is 5.40. The van der Waals surface area contributed by atoms with E-state index in [2.05, 4.69) is 22.6 Å². The Morgan fingerprint density at radius 3 is 3.00 bits per heavy atom. The Hall–Kier alpha value is -2.15. The number of aryl methyl sites for hydroxylation is 1. The number of hydrogen-bond acceptors (Lipinski definition) is 4. The molecule has 2 aliphatic rings. The minimum Gasteiger partial charge on any atom is -0.339 e. The molecule has 1 atom stereocenters. The molecule has 1 fully saturated rings. The fraction of sp³-hybridized carbons (Fsp3) is 0.526. The van der Waals surface area contributed by atoms with Crippen LogP contribution in [0.3, 0.4) is 0 Å². The van der Waals surface area contributed by atoms with Gasteiger partial charge in [-0.2, -0.15) is 5.10 Å². The van der Waals surface area contributed by atoms with Crippen molar-refractivity contribution in [1.82, 2.24) is 19.6 Å². The van der Waals surface area contributed by atoms with Crippen molar-refractivity contribution in [3.8, 4) is 0 Å². The summed E-state index contributed by atoms with van der Waals surface area (Å²) < 4.78 is 1.68. The van der Waals surface area contributed by atoms with Crippen LogP contribution < -0.4 is 0 Å². The fourth-order valence-electron chi connectivity index (χ4n) is 3.88. The number of amides is 2. The molecule has 1 unspecified atom stereocenters. The van der Waals surface area contributed by atoms with Crippen molar-refractivity contribution >= 4 is 23.2 Å². The Bertz CT molecular complexity index is 799. The predicted octanol–water partition coefficient (Wildman–Crippen LogP) is 2.66. The van der Waals surface area contributed by atoms with Gasteiger partial charge in [-0.05, 0) is 43.6 Å². The molecule has 0 bridgehead atoms. The number of thiophene rings is 1. The number of nitrogens with zero attached hydrogens (tertiary/aromatic N) is 4. The maximum Gasteiger partial charge on any atom is 0.274 e. The SMILES string of the molecule is CN1CCn2nc(C(=O)N3CCCCC3CCc3cccs3)cc2C1=O. The first-order valence-corrected chi connectivity index (χ1v) is 10.2. The van der Waals surface area contributed by atoms with E-state index in [1.807, 2.05) is 4.90 Å². The van der Waals surface area contributed by atoms with Gasteiger partial charge in [0.2, 0.25) is 0 Å². The number of fused-ring (bicyclic) bond motifs is 1. The predicted molar refractivity (Wildman–Crippen MR) is 101 cm³/mol. The van der Waals surface area contributed by atoms with Gasteiger partial charge >= 0.3 is 0 Å². The molecule has 2 aliphatic heterocycles. The molecule has 2 amide bonds. The fourth-order valence-corrected chi connectivity index (χ4v) is 4.61. The summed E-state index contributed by atoms with van der Waals surface area (Å²) in [4.78, 5) is 30.4. The van der Waals surface area contributed by atoms with Gasteiger partial charge in [-0.1, -0.05) is 6.07 Å². The van der Waals surface area contributed by atoms with Crippen molar-refractivity contribution in [2.24, 2.45) is 0 Å². The highest BCUT2D eigenvalue weighted by Crippen LogP contribution is 2.25. The molecule has 138 valence electrons. The summed E-state index contributed by atoms with van der Waals surface area (Å²) >= 11 is 1.77. The van der Waals surface area contributed by atoms with E-state index in [1.54, 1.807) is 34.0 Å². The first-order valence-electron chi connectivity index (χ1n) is 9.30. The smallest absolute Gasteiger partial charge is 0.274 e. The van der Waals surface area contributed by atoms with Crippen LogP contribution in [0.2, 0.25) is 0 Å². The summed E-state index contributed by atoms with van der Waals surface area (Å²) in [7, 11) is 1.78. The molecule has 4 heterocycles. The maximum atomic E-state index is 13.1. The average Bonchev–Trinajstić information content (AvgIpc) is 3.32. The second-order valence-corrected chi connectivity index (χ2v) is 8.16. The Balaban J connectivity index is 1.50. The van der Waals surface area contributed by atoms with Gasteiger partial charge in [-0.25, -0.2) is 0 Å². The molecule has 0 saturated carbocycles. The molecule has 7 heteroatoms. The normalized spacial score (nSPS) is 20.3. The summed E-state index contributed by atoms with van der Waals surface area (Å²) in [5, 5.41) is 6.54. The quantitative estimate of drug-likeness (QED) is 0.829. The van der Waals surface area contributed by atoms with Crippen molar-refractivity contribution in [2.45, 2.75) is 44.7 Å². The van der Waals surface area contributed by atoms with E-state index in [4.69, 9.17) is 0 Å². The van der Waals surface area contributed by atoms with Crippen molar-refractivity contribution in [1.29, 1.82) is 0 Å². The van der Waals surface area contributed by atoms with Crippen LogP contribution in [-0.2, 0) is 13.0 Å². The lowest BCUT2D eigenvalue weighted by atomic mass is 9.97. The van der Waals surface area contributed by atoms with E-state index >= 15 is 0 Å². The molecule has 6 nitrogen and oxygen atoms in total. The number of piperidine rings is 1. The Morgan fingerprint density at radius 1 is 1.31 bits per heavy atom. The van der Waals surface area contributed by atoms with Gasteiger partial charge in [0.05, 0.1) is 6.54 Å². The Kier molecular flexibility index (Phi) is 4.80. The molecule has 4 rings (SSSR count).